The fraction of sp³-hybridized carbons (Fsp3) is 0.462. The Kier molecular flexibility index (Phi) is 3.65. The van der Waals surface area contributed by atoms with E-state index in [9.17, 15) is 9.90 Å². The van der Waals surface area contributed by atoms with Crippen molar-refractivity contribution < 1.29 is 19.7 Å². The molecule has 5 nitrogen and oxygen atoms in total. The topological polar surface area (TPSA) is 78.8 Å². The first-order valence-corrected chi connectivity index (χ1v) is 6.01. The maximum atomic E-state index is 11.0. The highest BCUT2D eigenvalue weighted by atomic mass is 16.7. The second-order valence-corrected chi connectivity index (χ2v) is 4.34. The third kappa shape index (κ3) is 2.38. The smallest absolute Gasteiger partial charge is 0.364 e. The molecule has 0 spiro atoms. The van der Waals surface area contributed by atoms with Crippen molar-refractivity contribution in [2.75, 3.05) is 6.54 Å². The number of aliphatic hydroxyl groups is 1. The summed E-state index contributed by atoms with van der Waals surface area (Å²) in [4.78, 5) is 11.0. The molecule has 0 aliphatic carbocycles. The van der Waals surface area contributed by atoms with Gasteiger partial charge >= 0.3 is 5.97 Å². The van der Waals surface area contributed by atoms with Gasteiger partial charge in [-0.2, -0.15) is 0 Å². The van der Waals surface area contributed by atoms with Crippen molar-refractivity contribution in [3.63, 3.8) is 0 Å². The summed E-state index contributed by atoms with van der Waals surface area (Å²) in [5, 5.41) is 22.0. The Labute approximate surface area is 105 Å². The van der Waals surface area contributed by atoms with E-state index in [0.29, 0.717) is 6.54 Å². The van der Waals surface area contributed by atoms with Crippen LogP contribution in [0.4, 0.5) is 0 Å². The van der Waals surface area contributed by atoms with E-state index in [2.05, 4.69) is 5.32 Å². The first-order chi connectivity index (χ1) is 8.57. The second-order valence-electron chi connectivity index (χ2n) is 4.34. The molecule has 1 aromatic rings. The Hall–Kier alpha value is -1.43. The van der Waals surface area contributed by atoms with Gasteiger partial charge in [-0.3, -0.25) is 5.32 Å². The van der Waals surface area contributed by atoms with Crippen molar-refractivity contribution in [1.29, 1.82) is 0 Å². The average Bonchev–Trinajstić information content (AvgIpc) is 2.39. The molecule has 98 valence electrons. The fourth-order valence-electron chi connectivity index (χ4n) is 2.05. The van der Waals surface area contributed by atoms with E-state index in [1.54, 1.807) is 6.92 Å². The molecule has 2 rings (SSSR count). The summed E-state index contributed by atoms with van der Waals surface area (Å²) in [6.45, 7) is 2.27. The number of aliphatic carboxylic acids is 1. The molecule has 0 unspecified atom stereocenters. The molecule has 1 aromatic carbocycles. The maximum Gasteiger partial charge on any atom is 0.364 e. The predicted octanol–water partition coefficient (Wildman–Crippen LogP) is 1.03. The summed E-state index contributed by atoms with van der Waals surface area (Å²) in [7, 11) is 0. The first kappa shape index (κ1) is 13.0. The van der Waals surface area contributed by atoms with Crippen molar-refractivity contribution in [2.24, 2.45) is 0 Å². The van der Waals surface area contributed by atoms with Gasteiger partial charge in [-0.15, -0.1) is 0 Å². The van der Waals surface area contributed by atoms with Crippen molar-refractivity contribution in [2.45, 2.75) is 31.8 Å². The van der Waals surface area contributed by atoms with E-state index >= 15 is 0 Å². The summed E-state index contributed by atoms with van der Waals surface area (Å²) in [6.07, 6.45) is 0.270. The van der Waals surface area contributed by atoms with E-state index in [1.165, 1.54) is 0 Å². The zero-order chi connectivity index (χ0) is 13.2. The number of hydrogen-bond acceptors (Lipinski definition) is 4. The number of benzene rings is 1. The molecule has 3 N–H and O–H groups in total. The first-order valence-electron chi connectivity index (χ1n) is 6.01. The minimum Gasteiger partial charge on any atom is -0.477 e. The maximum absolute atomic E-state index is 11.0. The lowest BCUT2D eigenvalue weighted by molar-refractivity contribution is -0.247. The Morgan fingerprint density at radius 3 is 2.94 bits per heavy atom. The number of carbonyl (C=O) groups is 1. The van der Waals surface area contributed by atoms with Gasteiger partial charge in [0.05, 0.1) is 0 Å². The van der Waals surface area contributed by atoms with Gasteiger partial charge in [-0.1, -0.05) is 31.2 Å². The van der Waals surface area contributed by atoms with Crippen molar-refractivity contribution >= 4 is 5.97 Å². The minimum atomic E-state index is -2.15. The van der Waals surface area contributed by atoms with Gasteiger partial charge in [0.1, 0.15) is 6.23 Å². The molecule has 1 aliphatic heterocycles. The molecule has 0 saturated carbocycles. The molecular formula is C13H17NO4. The van der Waals surface area contributed by atoms with E-state index < -0.39 is 18.0 Å². The number of hydrogen-bond donors (Lipinski definition) is 3. The molecule has 0 amide bonds. The van der Waals surface area contributed by atoms with Crippen LogP contribution in [0.2, 0.25) is 0 Å². The van der Waals surface area contributed by atoms with Crippen molar-refractivity contribution in [1.82, 2.24) is 5.32 Å². The highest BCUT2D eigenvalue weighted by molar-refractivity contribution is 5.75. The van der Waals surface area contributed by atoms with Crippen molar-refractivity contribution in [3.05, 3.63) is 35.4 Å². The Balaban J connectivity index is 2.23. The van der Waals surface area contributed by atoms with E-state index in [4.69, 9.17) is 9.84 Å². The molecule has 0 fully saturated rings. The normalized spacial score (nSPS) is 22.0. The second kappa shape index (κ2) is 5.06. The van der Waals surface area contributed by atoms with Crippen LogP contribution in [-0.2, 0) is 16.0 Å². The summed E-state index contributed by atoms with van der Waals surface area (Å²) < 4.78 is 5.36. The summed E-state index contributed by atoms with van der Waals surface area (Å²) >= 11 is 0. The standard InChI is InChI=1S/C13H17NO4/c1-2-13(17,12(15)16)18-11-10-6-4-3-5-9(10)7-8-14-11/h3-6,11,14,17H,2,7-8H2,1H3,(H,15,16)/t11-,13-/m0/s1. The van der Waals surface area contributed by atoms with Gasteiger partial charge in [0, 0.05) is 13.0 Å². The van der Waals surface area contributed by atoms with Gasteiger partial charge in [-0.05, 0) is 17.5 Å². The van der Waals surface area contributed by atoms with Gasteiger partial charge in [0.15, 0.2) is 0 Å². The number of carboxylic acids is 1. The Morgan fingerprint density at radius 2 is 2.28 bits per heavy atom. The zero-order valence-electron chi connectivity index (χ0n) is 10.2. The molecule has 5 heteroatoms. The third-order valence-corrected chi connectivity index (χ3v) is 3.19. The van der Waals surface area contributed by atoms with Crippen LogP contribution in [0, 0.1) is 0 Å². The van der Waals surface area contributed by atoms with Crippen LogP contribution in [0.15, 0.2) is 24.3 Å². The lowest BCUT2D eigenvalue weighted by Gasteiger charge is -2.32. The average molecular weight is 251 g/mol. The van der Waals surface area contributed by atoms with Gasteiger partial charge in [0.25, 0.3) is 5.79 Å². The quantitative estimate of drug-likeness (QED) is 0.697. The zero-order valence-corrected chi connectivity index (χ0v) is 10.2. The number of ether oxygens (including phenoxy) is 1. The van der Waals surface area contributed by atoms with Crippen LogP contribution in [0.3, 0.4) is 0 Å². The number of carboxylic acid groups (broad SMARTS) is 1. The predicted molar refractivity (Wildman–Crippen MR) is 64.9 cm³/mol. The molecule has 2 atom stereocenters. The third-order valence-electron chi connectivity index (χ3n) is 3.19. The summed E-state index contributed by atoms with van der Waals surface area (Å²) in [6, 6.07) is 7.67. The minimum absolute atomic E-state index is 0.0112. The number of nitrogens with one attached hydrogen (secondary N) is 1. The number of fused-ring (bicyclic) bond motifs is 1. The van der Waals surface area contributed by atoms with Crippen molar-refractivity contribution in [3.8, 4) is 0 Å². The van der Waals surface area contributed by atoms with Crippen LogP contribution in [0.5, 0.6) is 0 Å². The Bertz CT molecular complexity index is 448. The lowest BCUT2D eigenvalue weighted by Crippen LogP contribution is -2.46. The fourth-order valence-corrected chi connectivity index (χ4v) is 2.05. The van der Waals surface area contributed by atoms with Crippen LogP contribution in [0.25, 0.3) is 0 Å². The SMILES string of the molecule is CC[C@](O)(O[C@@H]1NCCc2ccccc21)C(=O)O. The molecular weight excluding hydrogens is 234 g/mol. The lowest BCUT2D eigenvalue weighted by atomic mass is 9.99. The van der Waals surface area contributed by atoms with Gasteiger partial charge in [0.2, 0.25) is 0 Å². The highest BCUT2D eigenvalue weighted by Crippen LogP contribution is 2.28. The monoisotopic (exact) mass is 251 g/mol. The molecule has 0 radical (unpaired) electrons. The highest BCUT2D eigenvalue weighted by Gasteiger charge is 2.39. The van der Waals surface area contributed by atoms with Crippen LogP contribution < -0.4 is 5.32 Å². The Morgan fingerprint density at radius 1 is 1.56 bits per heavy atom. The van der Waals surface area contributed by atoms with E-state index in [0.717, 1.165) is 17.5 Å². The largest absolute Gasteiger partial charge is 0.477 e. The molecule has 1 heterocycles. The summed E-state index contributed by atoms with van der Waals surface area (Å²) in [5.41, 5.74) is 2.00. The van der Waals surface area contributed by atoms with Crippen LogP contribution in [-0.4, -0.2) is 28.5 Å². The summed E-state index contributed by atoms with van der Waals surface area (Å²) in [5.74, 6) is -3.52. The van der Waals surface area contributed by atoms with Gasteiger partial charge in [-0.25, -0.2) is 4.79 Å². The van der Waals surface area contributed by atoms with E-state index in [-0.39, 0.29) is 6.42 Å². The van der Waals surface area contributed by atoms with Crippen LogP contribution >= 0.6 is 0 Å². The van der Waals surface area contributed by atoms with Crippen LogP contribution in [0.1, 0.15) is 30.7 Å². The molecule has 0 saturated heterocycles. The molecule has 18 heavy (non-hydrogen) atoms. The number of rotatable bonds is 4. The van der Waals surface area contributed by atoms with E-state index in [1.807, 2.05) is 24.3 Å². The molecule has 0 bridgehead atoms. The van der Waals surface area contributed by atoms with Gasteiger partial charge < -0.3 is 14.9 Å². The molecule has 1 aliphatic rings. The molecule has 0 aromatic heterocycles.